The average Bonchev–Trinajstić information content (AvgIpc) is 2.52. The van der Waals surface area contributed by atoms with E-state index in [0.717, 1.165) is 18.4 Å². The molecule has 0 aliphatic carbocycles. The zero-order valence-corrected chi connectivity index (χ0v) is 13.8. The van der Waals surface area contributed by atoms with E-state index in [1.165, 1.54) is 0 Å². The Bertz CT molecular complexity index is 526. The van der Waals surface area contributed by atoms with Crippen LogP contribution < -0.4 is 10.6 Å². The summed E-state index contributed by atoms with van der Waals surface area (Å²) in [5.74, 6) is -1.44. The summed E-state index contributed by atoms with van der Waals surface area (Å²) >= 11 is 0. The Morgan fingerprint density at radius 2 is 1.86 bits per heavy atom. The Kier molecular flexibility index (Phi) is 6.56. The number of hydrogen-bond donors (Lipinski definition) is 3. The molecular formula is C17H26N2O3. The van der Waals surface area contributed by atoms with Gasteiger partial charge >= 0.3 is 11.8 Å². The van der Waals surface area contributed by atoms with Gasteiger partial charge in [0.1, 0.15) is 0 Å². The predicted molar refractivity (Wildman–Crippen MR) is 87.5 cm³/mol. The third-order valence-corrected chi connectivity index (χ3v) is 4.13. The van der Waals surface area contributed by atoms with Gasteiger partial charge in [-0.3, -0.25) is 9.59 Å². The van der Waals surface area contributed by atoms with Crippen molar-refractivity contribution in [1.29, 1.82) is 0 Å². The van der Waals surface area contributed by atoms with Gasteiger partial charge in [0.25, 0.3) is 0 Å². The molecule has 3 N–H and O–H groups in total. The molecule has 1 rings (SSSR count). The number of carbonyl (C=O) groups is 2. The second-order valence-corrected chi connectivity index (χ2v) is 5.81. The second kappa shape index (κ2) is 7.94. The maximum absolute atomic E-state index is 11.9. The summed E-state index contributed by atoms with van der Waals surface area (Å²) in [6, 6.07) is 7.36. The number of rotatable bonds is 6. The fourth-order valence-electron chi connectivity index (χ4n) is 2.08. The van der Waals surface area contributed by atoms with Crippen LogP contribution in [0.2, 0.25) is 0 Å². The van der Waals surface area contributed by atoms with Gasteiger partial charge in [-0.2, -0.15) is 0 Å². The SMILES string of the molecule is CCc1ccccc1NC(=O)C(=O)NC[C@@](C)(O)[C@@H](C)CC. The molecule has 5 nitrogen and oxygen atoms in total. The molecule has 0 aromatic heterocycles. The van der Waals surface area contributed by atoms with Crippen LogP contribution in [0.1, 0.15) is 39.7 Å². The highest BCUT2D eigenvalue weighted by atomic mass is 16.3. The highest BCUT2D eigenvalue weighted by molar-refractivity contribution is 6.39. The molecule has 1 aromatic carbocycles. The van der Waals surface area contributed by atoms with E-state index in [-0.39, 0.29) is 12.5 Å². The van der Waals surface area contributed by atoms with Crippen LogP contribution in [-0.2, 0) is 16.0 Å². The lowest BCUT2D eigenvalue weighted by atomic mass is 9.89. The van der Waals surface area contributed by atoms with Crippen molar-refractivity contribution in [3.63, 3.8) is 0 Å². The number of nitrogens with one attached hydrogen (secondary N) is 2. The van der Waals surface area contributed by atoms with E-state index in [0.29, 0.717) is 5.69 Å². The molecule has 0 spiro atoms. The summed E-state index contributed by atoms with van der Waals surface area (Å²) in [6.07, 6.45) is 1.56. The average molecular weight is 306 g/mol. The van der Waals surface area contributed by atoms with Gasteiger partial charge in [-0.15, -0.1) is 0 Å². The number of benzene rings is 1. The van der Waals surface area contributed by atoms with Gasteiger partial charge in [0.05, 0.1) is 5.60 Å². The molecule has 0 heterocycles. The maximum Gasteiger partial charge on any atom is 0.313 e. The Morgan fingerprint density at radius 3 is 2.45 bits per heavy atom. The standard InChI is InChI=1S/C17H26N2O3/c1-5-12(3)17(4,22)11-18-15(20)16(21)19-14-10-8-7-9-13(14)6-2/h7-10,12,22H,5-6,11H2,1-4H3,(H,18,20)(H,19,21)/t12-,17+/m0/s1. The highest BCUT2D eigenvalue weighted by Gasteiger charge is 2.28. The number of carbonyl (C=O) groups excluding carboxylic acids is 2. The third-order valence-electron chi connectivity index (χ3n) is 4.13. The van der Waals surface area contributed by atoms with Crippen LogP contribution in [0.25, 0.3) is 0 Å². The number of anilines is 1. The molecule has 0 saturated heterocycles. The zero-order valence-electron chi connectivity index (χ0n) is 13.8. The Hall–Kier alpha value is -1.88. The summed E-state index contributed by atoms with van der Waals surface area (Å²) < 4.78 is 0. The molecular weight excluding hydrogens is 280 g/mol. The first kappa shape index (κ1) is 18.2. The van der Waals surface area contributed by atoms with E-state index < -0.39 is 17.4 Å². The molecule has 0 unspecified atom stereocenters. The summed E-state index contributed by atoms with van der Waals surface area (Å²) in [7, 11) is 0. The minimum Gasteiger partial charge on any atom is -0.388 e. The molecule has 0 saturated carbocycles. The molecule has 1 aromatic rings. The Morgan fingerprint density at radius 1 is 1.23 bits per heavy atom. The van der Waals surface area contributed by atoms with Gasteiger partial charge in [-0.25, -0.2) is 0 Å². The van der Waals surface area contributed by atoms with Crippen molar-refractivity contribution in [2.24, 2.45) is 5.92 Å². The lowest BCUT2D eigenvalue weighted by Crippen LogP contribution is -2.47. The van der Waals surface area contributed by atoms with Crippen LogP contribution in [0.4, 0.5) is 5.69 Å². The second-order valence-electron chi connectivity index (χ2n) is 5.81. The molecule has 2 amide bonds. The molecule has 0 fully saturated rings. The van der Waals surface area contributed by atoms with Crippen LogP contribution in [0.5, 0.6) is 0 Å². The van der Waals surface area contributed by atoms with Gasteiger partial charge in [-0.1, -0.05) is 45.4 Å². The van der Waals surface area contributed by atoms with E-state index in [2.05, 4.69) is 10.6 Å². The van der Waals surface area contributed by atoms with Gasteiger partial charge in [0.2, 0.25) is 0 Å². The highest BCUT2D eigenvalue weighted by Crippen LogP contribution is 2.19. The van der Waals surface area contributed by atoms with E-state index >= 15 is 0 Å². The quantitative estimate of drug-likeness (QED) is 0.704. The van der Waals surface area contributed by atoms with Crippen molar-refractivity contribution in [2.45, 2.75) is 46.1 Å². The number of para-hydroxylation sites is 1. The van der Waals surface area contributed by atoms with Crippen LogP contribution in [-0.4, -0.2) is 29.1 Å². The van der Waals surface area contributed by atoms with Gasteiger partial charge in [-0.05, 0) is 30.9 Å². The van der Waals surface area contributed by atoms with Gasteiger partial charge < -0.3 is 15.7 Å². The van der Waals surface area contributed by atoms with Crippen molar-refractivity contribution in [2.75, 3.05) is 11.9 Å². The summed E-state index contributed by atoms with van der Waals surface area (Å²) in [5, 5.41) is 15.3. The first-order valence-corrected chi connectivity index (χ1v) is 7.71. The molecule has 0 bridgehead atoms. The van der Waals surface area contributed by atoms with Gasteiger partial charge in [0.15, 0.2) is 0 Å². The molecule has 22 heavy (non-hydrogen) atoms. The lowest BCUT2D eigenvalue weighted by Gasteiger charge is -2.29. The predicted octanol–water partition coefficient (Wildman–Crippen LogP) is 2.10. The number of aryl methyl sites for hydroxylation is 1. The zero-order chi connectivity index (χ0) is 16.8. The molecule has 2 atom stereocenters. The van der Waals surface area contributed by atoms with Crippen LogP contribution in [0, 0.1) is 5.92 Å². The van der Waals surface area contributed by atoms with Crippen LogP contribution in [0.3, 0.4) is 0 Å². The van der Waals surface area contributed by atoms with Crippen molar-refractivity contribution in [3.8, 4) is 0 Å². The molecule has 0 radical (unpaired) electrons. The summed E-state index contributed by atoms with van der Waals surface area (Å²) in [6.45, 7) is 7.56. The Balaban J connectivity index is 2.61. The van der Waals surface area contributed by atoms with E-state index in [9.17, 15) is 14.7 Å². The minimum absolute atomic E-state index is 0.0247. The van der Waals surface area contributed by atoms with Crippen molar-refractivity contribution in [1.82, 2.24) is 5.32 Å². The van der Waals surface area contributed by atoms with Crippen LogP contribution in [0.15, 0.2) is 24.3 Å². The maximum atomic E-state index is 11.9. The number of aliphatic hydroxyl groups is 1. The number of amides is 2. The fourth-order valence-corrected chi connectivity index (χ4v) is 2.08. The topological polar surface area (TPSA) is 78.4 Å². The van der Waals surface area contributed by atoms with E-state index in [1.54, 1.807) is 19.1 Å². The number of hydrogen-bond acceptors (Lipinski definition) is 3. The molecule has 0 aliphatic rings. The molecule has 0 aliphatic heterocycles. The van der Waals surface area contributed by atoms with Crippen molar-refractivity contribution < 1.29 is 14.7 Å². The van der Waals surface area contributed by atoms with E-state index in [1.807, 2.05) is 32.9 Å². The normalized spacial score (nSPS) is 14.8. The summed E-state index contributed by atoms with van der Waals surface area (Å²) in [5.41, 5.74) is 0.570. The molecule has 5 heteroatoms. The first-order valence-electron chi connectivity index (χ1n) is 7.71. The third kappa shape index (κ3) is 4.84. The summed E-state index contributed by atoms with van der Waals surface area (Å²) in [4.78, 5) is 23.8. The largest absolute Gasteiger partial charge is 0.388 e. The fraction of sp³-hybridized carbons (Fsp3) is 0.529. The van der Waals surface area contributed by atoms with Crippen molar-refractivity contribution >= 4 is 17.5 Å². The van der Waals surface area contributed by atoms with E-state index in [4.69, 9.17) is 0 Å². The molecule has 122 valence electrons. The monoisotopic (exact) mass is 306 g/mol. The van der Waals surface area contributed by atoms with Crippen LogP contribution >= 0.6 is 0 Å². The lowest BCUT2D eigenvalue weighted by molar-refractivity contribution is -0.137. The van der Waals surface area contributed by atoms with Crippen molar-refractivity contribution in [3.05, 3.63) is 29.8 Å². The Labute approximate surface area is 132 Å². The smallest absolute Gasteiger partial charge is 0.313 e. The first-order chi connectivity index (χ1) is 10.3. The minimum atomic E-state index is -1.04. The van der Waals surface area contributed by atoms with Gasteiger partial charge in [0, 0.05) is 12.2 Å².